The van der Waals surface area contributed by atoms with E-state index in [4.69, 9.17) is 4.74 Å². The van der Waals surface area contributed by atoms with Crippen LogP contribution in [0.4, 0.5) is 5.69 Å². The molecule has 2 rings (SSSR count). The van der Waals surface area contributed by atoms with Crippen LogP contribution >= 0.6 is 0 Å². The van der Waals surface area contributed by atoms with E-state index in [2.05, 4.69) is 46.6 Å². The molecule has 1 N–H and O–H groups in total. The number of anilines is 1. The van der Waals surface area contributed by atoms with Gasteiger partial charge in [0.25, 0.3) is 0 Å². The molecule has 0 aliphatic heterocycles. The summed E-state index contributed by atoms with van der Waals surface area (Å²) in [6.07, 6.45) is 0. The predicted molar refractivity (Wildman–Crippen MR) is 85.5 cm³/mol. The van der Waals surface area contributed by atoms with E-state index in [1.165, 1.54) is 11.1 Å². The van der Waals surface area contributed by atoms with Gasteiger partial charge >= 0.3 is 0 Å². The maximum absolute atomic E-state index is 5.69. The van der Waals surface area contributed by atoms with Crippen molar-refractivity contribution < 1.29 is 4.74 Å². The molecule has 0 unspecified atom stereocenters. The first kappa shape index (κ1) is 14.4. The van der Waals surface area contributed by atoms with Crippen molar-refractivity contribution in [1.82, 2.24) is 4.90 Å². The van der Waals surface area contributed by atoms with E-state index < -0.39 is 0 Å². The van der Waals surface area contributed by atoms with Gasteiger partial charge < -0.3 is 15.0 Å². The summed E-state index contributed by atoms with van der Waals surface area (Å²) in [4.78, 5) is 2.11. The first-order valence-electron chi connectivity index (χ1n) is 6.85. The highest BCUT2D eigenvalue weighted by atomic mass is 16.5. The van der Waals surface area contributed by atoms with Gasteiger partial charge in [-0.05, 0) is 49.5 Å². The average Bonchev–Trinajstić information content (AvgIpc) is 2.48. The number of hydrogen-bond acceptors (Lipinski definition) is 3. The summed E-state index contributed by atoms with van der Waals surface area (Å²) in [5.74, 6) is 0.919. The van der Waals surface area contributed by atoms with Crippen molar-refractivity contribution in [3.8, 4) is 16.9 Å². The molecule has 0 aliphatic carbocycles. The molecule has 2 aromatic carbocycles. The van der Waals surface area contributed by atoms with Gasteiger partial charge in [0.15, 0.2) is 0 Å². The van der Waals surface area contributed by atoms with Crippen LogP contribution in [0.25, 0.3) is 11.1 Å². The fourth-order valence-corrected chi connectivity index (χ4v) is 1.92. The lowest BCUT2D eigenvalue weighted by Crippen LogP contribution is -2.19. The molecule has 0 atom stereocenters. The van der Waals surface area contributed by atoms with E-state index in [0.29, 0.717) is 6.61 Å². The largest absolute Gasteiger partial charge is 0.492 e. The second-order valence-corrected chi connectivity index (χ2v) is 5.00. The summed E-state index contributed by atoms with van der Waals surface area (Å²) in [5.41, 5.74) is 3.54. The Morgan fingerprint density at radius 1 is 0.900 bits per heavy atom. The Morgan fingerprint density at radius 3 is 1.95 bits per heavy atom. The third-order valence-electron chi connectivity index (χ3n) is 3.17. The molecular weight excluding hydrogens is 248 g/mol. The molecule has 0 saturated heterocycles. The van der Waals surface area contributed by atoms with E-state index in [1.54, 1.807) is 0 Å². The fourth-order valence-electron chi connectivity index (χ4n) is 1.92. The van der Waals surface area contributed by atoms with Crippen LogP contribution in [0.15, 0.2) is 48.5 Å². The van der Waals surface area contributed by atoms with E-state index in [9.17, 15) is 0 Å². The summed E-state index contributed by atoms with van der Waals surface area (Å²) in [6, 6.07) is 16.6. The maximum atomic E-state index is 5.69. The Bertz CT molecular complexity index is 518. The minimum atomic E-state index is 0.712. The van der Waals surface area contributed by atoms with Crippen molar-refractivity contribution in [2.75, 3.05) is 39.6 Å². The second kappa shape index (κ2) is 6.96. The summed E-state index contributed by atoms with van der Waals surface area (Å²) < 4.78 is 5.69. The zero-order chi connectivity index (χ0) is 14.4. The number of rotatable bonds is 6. The summed E-state index contributed by atoms with van der Waals surface area (Å²) in [6.45, 7) is 1.64. The Balaban J connectivity index is 1.99. The topological polar surface area (TPSA) is 24.5 Å². The molecule has 0 spiro atoms. The zero-order valence-corrected chi connectivity index (χ0v) is 12.4. The van der Waals surface area contributed by atoms with Crippen LogP contribution in [0.1, 0.15) is 0 Å². The van der Waals surface area contributed by atoms with E-state index in [-0.39, 0.29) is 0 Å². The lowest BCUT2D eigenvalue weighted by atomic mass is 10.1. The van der Waals surface area contributed by atoms with Gasteiger partial charge in [0.05, 0.1) is 0 Å². The summed E-state index contributed by atoms with van der Waals surface area (Å²) >= 11 is 0. The molecular formula is C17H22N2O. The third kappa shape index (κ3) is 4.00. The van der Waals surface area contributed by atoms with Crippen LogP contribution in [-0.2, 0) is 0 Å². The predicted octanol–water partition coefficient (Wildman–Crippen LogP) is 3.34. The number of likely N-dealkylation sites (N-methyl/N-ethyl adjacent to an activating group) is 1. The molecule has 20 heavy (non-hydrogen) atoms. The van der Waals surface area contributed by atoms with Gasteiger partial charge in [0.1, 0.15) is 12.4 Å². The number of hydrogen-bond donors (Lipinski definition) is 1. The minimum Gasteiger partial charge on any atom is -0.492 e. The highest BCUT2D eigenvalue weighted by molar-refractivity contribution is 5.66. The van der Waals surface area contributed by atoms with Crippen molar-refractivity contribution in [3.05, 3.63) is 48.5 Å². The van der Waals surface area contributed by atoms with Crippen LogP contribution in [0.2, 0.25) is 0 Å². The van der Waals surface area contributed by atoms with Crippen LogP contribution < -0.4 is 10.1 Å². The normalized spacial score (nSPS) is 10.6. The average molecular weight is 270 g/mol. The SMILES string of the molecule is CNc1ccc(-c2ccc(OCCN(C)C)cc2)cc1. The molecule has 0 saturated carbocycles. The maximum Gasteiger partial charge on any atom is 0.119 e. The van der Waals surface area contributed by atoms with E-state index in [0.717, 1.165) is 18.0 Å². The Hall–Kier alpha value is -2.00. The molecule has 0 radical (unpaired) electrons. The van der Waals surface area contributed by atoms with Gasteiger partial charge in [-0.1, -0.05) is 24.3 Å². The van der Waals surface area contributed by atoms with Gasteiger partial charge in [0, 0.05) is 19.3 Å². The molecule has 2 aromatic rings. The monoisotopic (exact) mass is 270 g/mol. The highest BCUT2D eigenvalue weighted by Crippen LogP contribution is 2.23. The molecule has 0 fully saturated rings. The van der Waals surface area contributed by atoms with E-state index in [1.807, 2.05) is 33.3 Å². The Morgan fingerprint density at radius 2 is 1.45 bits per heavy atom. The number of nitrogens with zero attached hydrogens (tertiary/aromatic N) is 1. The van der Waals surface area contributed by atoms with Crippen LogP contribution in [0.3, 0.4) is 0 Å². The molecule has 3 heteroatoms. The van der Waals surface area contributed by atoms with Crippen LogP contribution in [0.5, 0.6) is 5.75 Å². The summed E-state index contributed by atoms with van der Waals surface area (Å²) in [7, 11) is 6.01. The fraction of sp³-hybridized carbons (Fsp3) is 0.294. The molecule has 0 amide bonds. The molecule has 0 aliphatic rings. The first-order valence-corrected chi connectivity index (χ1v) is 6.85. The standard InChI is InChI=1S/C17H22N2O/c1-18-16-8-4-14(5-9-16)15-6-10-17(11-7-15)20-13-12-19(2)3/h4-11,18H,12-13H2,1-3H3. The lowest BCUT2D eigenvalue weighted by molar-refractivity contribution is 0.261. The highest BCUT2D eigenvalue weighted by Gasteiger charge is 1.99. The molecule has 106 valence electrons. The Kier molecular flexibility index (Phi) is 5.02. The van der Waals surface area contributed by atoms with Crippen molar-refractivity contribution in [1.29, 1.82) is 0 Å². The molecule has 3 nitrogen and oxygen atoms in total. The van der Waals surface area contributed by atoms with Crippen LogP contribution in [-0.4, -0.2) is 39.2 Å². The van der Waals surface area contributed by atoms with Gasteiger partial charge in [-0.2, -0.15) is 0 Å². The lowest BCUT2D eigenvalue weighted by Gasteiger charge is -2.11. The van der Waals surface area contributed by atoms with Gasteiger partial charge in [-0.3, -0.25) is 0 Å². The van der Waals surface area contributed by atoms with Gasteiger partial charge in [-0.25, -0.2) is 0 Å². The Labute approximate surface area is 121 Å². The third-order valence-corrected chi connectivity index (χ3v) is 3.17. The summed E-state index contributed by atoms with van der Waals surface area (Å²) in [5, 5.41) is 3.12. The molecule has 0 bridgehead atoms. The van der Waals surface area contributed by atoms with Crippen molar-refractivity contribution in [2.45, 2.75) is 0 Å². The molecule has 0 aromatic heterocycles. The molecule has 0 heterocycles. The van der Waals surface area contributed by atoms with Crippen molar-refractivity contribution in [2.24, 2.45) is 0 Å². The minimum absolute atomic E-state index is 0.712. The van der Waals surface area contributed by atoms with Crippen LogP contribution in [0, 0.1) is 0 Å². The zero-order valence-electron chi connectivity index (χ0n) is 12.4. The van der Waals surface area contributed by atoms with Gasteiger partial charge in [-0.15, -0.1) is 0 Å². The quantitative estimate of drug-likeness (QED) is 0.871. The second-order valence-electron chi connectivity index (χ2n) is 5.00. The van der Waals surface area contributed by atoms with E-state index >= 15 is 0 Å². The smallest absolute Gasteiger partial charge is 0.119 e. The number of benzene rings is 2. The number of nitrogens with one attached hydrogen (secondary N) is 1. The van der Waals surface area contributed by atoms with Crippen molar-refractivity contribution >= 4 is 5.69 Å². The van der Waals surface area contributed by atoms with Gasteiger partial charge in [0.2, 0.25) is 0 Å². The first-order chi connectivity index (χ1) is 9.69. The number of ether oxygens (including phenoxy) is 1. The van der Waals surface area contributed by atoms with Crippen molar-refractivity contribution in [3.63, 3.8) is 0 Å².